The van der Waals surface area contributed by atoms with Gasteiger partial charge in [0.05, 0.1) is 42.5 Å². The highest BCUT2D eigenvalue weighted by atomic mass is 79.9. The van der Waals surface area contributed by atoms with E-state index in [0.29, 0.717) is 23.9 Å². The molecule has 0 aliphatic carbocycles. The van der Waals surface area contributed by atoms with Gasteiger partial charge in [0.15, 0.2) is 0 Å². The Balaban J connectivity index is 2.51. The van der Waals surface area contributed by atoms with Gasteiger partial charge in [-0.1, -0.05) is 27.5 Å². The minimum Gasteiger partial charge on any atom is -0.495 e. The van der Waals surface area contributed by atoms with Crippen LogP contribution in [0.15, 0.2) is 33.7 Å². The van der Waals surface area contributed by atoms with Crippen LogP contribution in [0.4, 0.5) is 22.7 Å². The number of aliphatic hydroxyl groups excluding tert-OH is 1. The second kappa shape index (κ2) is 11.4. The lowest BCUT2D eigenvalue weighted by Gasteiger charge is -2.33. The Kier molecular flexibility index (Phi) is 9.27. The van der Waals surface area contributed by atoms with E-state index >= 15 is 0 Å². The number of methoxy groups -OCH3 is 1. The number of anilines is 3. The Bertz CT molecular complexity index is 875. The third kappa shape index (κ3) is 5.39. The van der Waals surface area contributed by atoms with E-state index in [4.69, 9.17) is 16.3 Å². The average Bonchev–Trinajstić information content (AvgIpc) is 2.73. The van der Waals surface area contributed by atoms with Gasteiger partial charge in [0.1, 0.15) is 11.4 Å². The zero-order valence-electron chi connectivity index (χ0n) is 18.0. The van der Waals surface area contributed by atoms with Crippen molar-refractivity contribution in [3.63, 3.8) is 0 Å². The number of ether oxygens (including phenoxy) is 1. The van der Waals surface area contributed by atoms with Crippen LogP contribution >= 0.6 is 27.5 Å². The van der Waals surface area contributed by atoms with Gasteiger partial charge in [0.25, 0.3) is 0 Å². The van der Waals surface area contributed by atoms with Crippen molar-refractivity contribution in [3.05, 3.63) is 39.3 Å². The van der Waals surface area contributed by atoms with Crippen molar-refractivity contribution in [2.75, 3.05) is 55.1 Å². The number of halogens is 2. The van der Waals surface area contributed by atoms with Gasteiger partial charge in [0, 0.05) is 24.1 Å². The van der Waals surface area contributed by atoms with Gasteiger partial charge >= 0.3 is 0 Å². The standard InChI is InChI=1S/C22H30BrClN4O2/c1-6-27(7-2)18-9-8-17(24)21(25-4)22(18)28(10-11-29)14-26-20-15(3)12-16(23)13-19(20)30-5/h8-9,12-13,26,29H,4,6-7,10-11,14H2,1-3,5H3. The molecule has 0 amide bonds. The summed E-state index contributed by atoms with van der Waals surface area (Å²) in [5, 5.41) is 13.8. The monoisotopic (exact) mass is 496 g/mol. The number of aliphatic hydroxyl groups is 1. The lowest BCUT2D eigenvalue weighted by Crippen LogP contribution is -2.34. The number of aryl methyl sites for hydroxylation is 1. The number of hydrogen-bond donors (Lipinski definition) is 2. The molecule has 6 nitrogen and oxygen atoms in total. The van der Waals surface area contributed by atoms with E-state index in [9.17, 15) is 5.11 Å². The molecule has 0 radical (unpaired) electrons. The van der Waals surface area contributed by atoms with Gasteiger partial charge in [0.2, 0.25) is 0 Å². The average molecular weight is 498 g/mol. The molecular formula is C22H30BrClN4O2. The molecular weight excluding hydrogens is 468 g/mol. The first-order valence-corrected chi connectivity index (χ1v) is 11.1. The number of nitrogens with zero attached hydrogens (tertiary/aromatic N) is 3. The first-order chi connectivity index (χ1) is 14.4. The summed E-state index contributed by atoms with van der Waals surface area (Å²) in [6, 6.07) is 7.78. The van der Waals surface area contributed by atoms with Crippen LogP contribution < -0.4 is 19.9 Å². The third-order valence-corrected chi connectivity index (χ3v) is 5.72. The highest BCUT2D eigenvalue weighted by Gasteiger charge is 2.21. The van der Waals surface area contributed by atoms with E-state index in [2.05, 4.69) is 51.7 Å². The lowest BCUT2D eigenvalue weighted by atomic mass is 10.1. The molecule has 0 aliphatic rings. The van der Waals surface area contributed by atoms with Gasteiger partial charge in [-0.15, -0.1) is 0 Å². The molecule has 2 N–H and O–H groups in total. The predicted molar refractivity (Wildman–Crippen MR) is 133 cm³/mol. The largest absolute Gasteiger partial charge is 0.495 e. The number of aliphatic imine (C=N–C) groups is 1. The zero-order valence-corrected chi connectivity index (χ0v) is 20.3. The predicted octanol–water partition coefficient (Wildman–Crippen LogP) is 5.47. The van der Waals surface area contributed by atoms with Crippen LogP contribution in [0.3, 0.4) is 0 Å². The topological polar surface area (TPSA) is 60.3 Å². The number of benzene rings is 2. The normalized spacial score (nSPS) is 10.6. The van der Waals surface area contributed by atoms with Gasteiger partial charge < -0.3 is 25.0 Å². The molecule has 0 spiro atoms. The molecule has 164 valence electrons. The van der Waals surface area contributed by atoms with Crippen molar-refractivity contribution in [3.8, 4) is 5.75 Å². The number of rotatable bonds is 11. The maximum Gasteiger partial charge on any atom is 0.143 e. The van der Waals surface area contributed by atoms with E-state index in [1.807, 2.05) is 36.1 Å². The molecule has 0 aromatic heterocycles. The van der Waals surface area contributed by atoms with Crippen LogP contribution in [0, 0.1) is 6.92 Å². The molecule has 2 aromatic rings. The summed E-state index contributed by atoms with van der Waals surface area (Å²) in [6.07, 6.45) is 0. The van der Waals surface area contributed by atoms with Crippen molar-refractivity contribution in [2.45, 2.75) is 20.8 Å². The zero-order chi connectivity index (χ0) is 22.3. The summed E-state index contributed by atoms with van der Waals surface area (Å²) in [7, 11) is 1.65. The van der Waals surface area contributed by atoms with E-state index < -0.39 is 0 Å². The van der Waals surface area contributed by atoms with Gasteiger partial charge in [-0.25, -0.2) is 0 Å². The maximum atomic E-state index is 9.77. The lowest BCUT2D eigenvalue weighted by molar-refractivity contribution is 0.302. The van der Waals surface area contributed by atoms with Crippen LogP contribution in [0.25, 0.3) is 0 Å². The van der Waals surface area contributed by atoms with Crippen molar-refractivity contribution >= 4 is 57.0 Å². The minimum atomic E-state index is -0.0150. The second-order valence-corrected chi connectivity index (χ2v) is 8.04. The van der Waals surface area contributed by atoms with Gasteiger partial charge in [-0.3, -0.25) is 4.99 Å². The third-order valence-electron chi connectivity index (χ3n) is 4.96. The molecule has 0 bridgehead atoms. The molecule has 0 heterocycles. The Morgan fingerprint density at radius 2 is 1.93 bits per heavy atom. The maximum absolute atomic E-state index is 9.77. The van der Waals surface area contributed by atoms with Crippen LogP contribution in [0.5, 0.6) is 5.75 Å². The molecule has 30 heavy (non-hydrogen) atoms. The summed E-state index contributed by atoms with van der Waals surface area (Å²) in [6.45, 7) is 12.4. The number of hydrogen-bond acceptors (Lipinski definition) is 6. The highest BCUT2D eigenvalue weighted by Crippen LogP contribution is 2.43. The first-order valence-electron chi connectivity index (χ1n) is 9.89. The van der Waals surface area contributed by atoms with Crippen LogP contribution in [0.1, 0.15) is 19.4 Å². The van der Waals surface area contributed by atoms with Crippen molar-refractivity contribution < 1.29 is 9.84 Å². The number of nitrogens with one attached hydrogen (secondary N) is 1. The van der Waals surface area contributed by atoms with Gasteiger partial charge in [-0.2, -0.15) is 0 Å². The molecule has 0 saturated carbocycles. The van der Waals surface area contributed by atoms with E-state index in [0.717, 1.165) is 45.9 Å². The fourth-order valence-corrected chi connectivity index (χ4v) is 4.25. The summed E-state index contributed by atoms with van der Waals surface area (Å²) in [4.78, 5) is 8.48. The van der Waals surface area contributed by atoms with E-state index in [1.165, 1.54) is 0 Å². The summed E-state index contributed by atoms with van der Waals surface area (Å²) in [5.41, 5.74) is 4.39. The Labute approximate surface area is 192 Å². The molecule has 0 aliphatic heterocycles. The molecule has 8 heteroatoms. The SMILES string of the molecule is C=Nc1c(Cl)ccc(N(CC)CC)c1N(CCO)CNc1c(C)cc(Br)cc1OC. The van der Waals surface area contributed by atoms with Crippen LogP contribution in [-0.4, -0.2) is 51.8 Å². The van der Waals surface area contributed by atoms with E-state index in [1.54, 1.807) is 7.11 Å². The molecule has 2 rings (SSSR count). The van der Waals surface area contributed by atoms with Gasteiger partial charge in [-0.05, 0) is 57.3 Å². The fraction of sp³-hybridized carbons (Fsp3) is 0.409. The Morgan fingerprint density at radius 3 is 2.50 bits per heavy atom. The fourth-order valence-electron chi connectivity index (χ4n) is 3.49. The molecule has 2 aromatic carbocycles. The van der Waals surface area contributed by atoms with Crippen molar-refractivity contribution in [2.24, 2.45) is 4.99 Å². The summed E-state index contributed by atoms with van der Waals surface area (Å²) < 4.78 is 6.50. The molecule has 0 saturated heterocycles. The Morgan fingerprint density at radius 1 is 1.23 bits per heavy atom. The second-order valence-electron chi connectivity index (χ2n) is 6.72. The smallest absolute Gasteiger partial charge is 0.143 e. The molecule has 0 unspecified atom stereocenters. The summed E-state index contributed by atoms with van der Waals surface area (Å²) >= 11 is 9.96. The van der Waals surface area contributed by atoms with E-state index in [-0.39, 0.29) is 6.61 Å². The summed E-state index contributed by atoms with van der Waals surface area (Å²) in [5.74, 6) is 0.739. The highest BCUT2D eigenvalue weighted by molar-refractivity contribution is 9.10. The molecule has 0 fully saturated rings. The van der Waals surface area contributed by atoms with Crippen molar-refractivity contribution in [1.82, 2.24) is 0 Å². The molecule has 0 atom stereocenters. The Hall–Kier alpha value is -1.96. The van der Waals surface area contributed by atoms with Crippen LogP contribution in [0.2, 0.25) is 5.02 Å². The first kappa shape index (κ1) is 24.3. The van der Waals surface area contributed by atoms with Crippen molar-refractivity contribution in [1.29, 1.82) is 0 Å². The van der Waals surface area contributed by atoms with Crippen LogP contribution in [-0.2, 0) is 0 Å². The minimum absolute atomic E-state index is 0.0150. The quantitative estimate of drug-likeness (QED) is 0.319.